The van der Waals surface area contributed by atoms with Crippen LogP contribution in [-0.2, 0) is 15.6 Å². The molecule has 1 rings (SSSR count). The molecule has 0 fully saturated rings. The smallest absolute Gasteiger partial charge is 0.277 e. The van der Waals surface area contributed by atoms with Crippen LogP contribution >= 0.6 is 7.52 Å². The summed E-state index contributed by atoms with van der Waals surface area (Å²) in [5.74, 6) is 0. The van der Waals surface area contributed by atoms with Crippen molar-refractivity contribution in [3.05, 3.63) is 35.9 Å². The van der Waals surface area contributed by atoms with Gasteiger partial charge in [0.15, 0.2) is 0 Å². The summed E-state index contributed by atoms with van der Waals surface area (Å²) in [6.45, 7) is 13.6. The second-order valence-corrected chi connectivity index (χ2v) is 11.1. The SMILES string of the molecule is CCC(C)(C)COP(=O)(N(C)Cc1ccccc1)C(C)(C)C. The molecule has 0 aliphatic carbocycles. The van der Waals surface area contributed by atoms with Crippen LogP contribution in [0.25, 0.3) is 0 Å². The van der Waals surface area contributed by atoms with E-state index in [1.165, 1.54) is 0 Å². The molecule has 22 heavy (non-hydrogen) atoms. The summed E-state index contributed by atoms with van der Waals surface area (Å²) in [5, 5.41) is -0.416. The molecule has 1 unspecified atom stereocenters. The Morgan fingerprint density at radius 3 is 2.09 bits per heavy atom. The fourth-order valence-electron chi connectivity index (χ4n) is 2.11. The van der Waals surface area contributed by atoms with Gasteiger partial charge in [-0.3, -0.25) is 4.57 Å². The zero-order valence-corrected chi connectivity index (χ0v) is 16.1. The molecule has 0 aliphatic rings. The Bertz CT molecular complexity index is 506. The van der Waals surface area contributed by atoms with Gasteiger partial charge in [0.25, 0.3) is 7.52 Å². The summed E-state index contributed by atoms with van der Waals surface area (Å²) in [6, 6.07) is 10.1. The zero-order chi connectivity index (χ0) is 17.0. The highest BCUT2D eigenvalue weighted by Crippen LogP contribution is 2.61. The van der Waals surface area contributed by atoms with E-state index in [1.807, 2.05) is 50.7 Å². The van der Waals surface area contributed by atoms with Gasteiger partial charge in [0, 0.05) is 6.54 Å². The number of hydrogen-bond acceptors (Lipinski definition) is 2. The van der Waals surface area contributed by atoms with E-state index in [0.717, 1.165) is 12.0 Å². The molecule has 1 aromatic carbocycles. The molecular weight excluding hydrogens is 293 g/mol. The second-order valence-electron chi connectivity index (χ2n) is 7.78. The molecule has 1 aromatic rings. The summed E-state index contributed by atoms with van der Waals surface area (Å²) in [7, 11) is -1.04. The van der Waals surface area contributed by atoms with Crippen LogP contribution in [0.15, 0.2) is 30.3 Å². The first-order valence-corrected chi connectivity index (χ1v) is 9.60. The number of nitrogens with zero attached hydrogens (tertiary/aromatic N) is 1. The van der Waals surface area contributed by atoms with Crippen molar-refractivity contribution >= 4 is 7.52 Å². The summed E-state index contributed by atoms with van der Waals surface area (Å²) >= 11 is 0. The van der Waals surface area contributed by atoms with Crippen LogP contribution in [0.3, 0.4) is 0 Å². The minimum atomic E-state index is -2.94. The van der Waals surface area contributed by atoms with E-state index in [9.17, 15) is 4.57 Å². The molecule has 0 bridgehead atoms. The minimum absolute atomic E-state index is 0.0362. The van der Waals surface area contributed by atoms with Gasteiger partial charge in [-0.1, -0.05) is 51.1 Å². The Balaban J connectivity index is 2.94. The first-order valence-electron chi connectivity index (χ1n) is 8.02. The van der Waals surface area contributed by atoms with Crippen LogP contribution < -0.4 is 0 Å². The van der Waals surface area contributed by atoms with E-state index in [4.69, 9.17) is 4.52 Å². The Kier molecular flexibility index (Phi) is 6.44. The third-order valence-corrected chi connectivity index (χ3v) is 7.35. The van der Waals surface area contributed by atoms with Crippen molar-refractivity contribution in [1.82, 2.24) is 4.67 Å². The van der Waals surface area contributed by atoms with E-state index in [-0.39, 0.29) is 5.41 Å². The van der Waals surface area contributed by atoms with Gasteiger partial charge in [-0.05, 0) is 45.2 Å². The Morgan fingerprint density at radius 1 is 1.09 bits per heavy atom. The van der Waals surface area contributed by atoms with Crippen LogP contribution in [0, 0.1) is 5.41 Å². The van der Waals surface area contributed by atoms with Crippen molar-refractivity contribution in [2.24, 2.45) is 5.41 Å². The van der Waals surface area contributed by atoms with E-state index >= 15 is 0 Å². The zero-order valence-electron chi connectivity index (χ0n) is 15.2. The standard InChI is InChI=1S/C18H32NO2P/c1-8-18(5,6)15-21-22(20,17(2,3)4)19(7)14-16-12-10-9-11-13-16/h9-13H,8,14-15H2,1-7H3. The predicted molar refractivity (Wildman–Crippen MR) is 95.3 cm³/mol. The van der Waals surface area contributed by atoms with Gasteiger partial charge in [-0.2, -0.15) is 0 Å². The maximum atomic E-state index is 13.6. The monoisotopic (exact) mass is 325 g/mol. The lowest BCUT2D eigenvalue weighted by Crippen LogP contribution is -2.31. The van der Waals surface area contributed by atoms with Crippen molar-refractivity contribution in [2.75, 3.05) is 13.7 Å². The van der Waals surface area contributed by atoms with E-state index in [1.54, 1.807) is 0 Å². The van der Waals surface area contributed by atoms with Crippen LogP contribution in [0.2, 0.25) is 0 Å². The first kappa shape index (κ1) is 19.4. The average molecular weight is 325 g/mol. The van der Waals surface area contributed by atoms with Crippen LogP contribution in [-0.4, -0.2) is 23.5 Å². The van der Waals surface area contributed by atoms with Gasteiger partial charge < -0.3 is 4.52 Å². The molecule has 0 heterocycles. The lowest BCUT2D eigenvalue weighted by Gasteiger charge is -2.39. The van der Waals surface area contributed by atoms with Crippen molar-refractivity contribution in [2.45, 2.75) is 59.7 Å². The van der Waals surface area contributed by atoms with Gasteiger partial charge in [-0.15, -0.1) is 0 Å². The van der Waals surface area contributed by atoms with Crippen LogP contribution in [0.1, 0.15) is 53.5 Å². The minimum Gasteiger partial charge on any atom is -0.316 e. The Labute approximate surface area is 136 Å². The molecule has 0 N–H and O–H groups in total. The number of hydrogen-bond donors (Lipinski definition) is 0. The number of benzene rings is 1. The predicted octanol–water partition coefficient (Wildman–Crippen LogP) is 5.56. The van der Waals surface area contributed by atoms with Crippen molar-refractivity contribution in [1.29, 1.82) is 0 Å². The molecule has 0 aliphatic heterocycles. The van der Waals surface area contributed by atoms with E-state index < -0.39 is 12.7 Å². The van der Waals surface area contributed by atoms with Crippen molar-refractivity contribution in [3.63, 3.8) is 0 Å². The van der Waals surface area contributed by atoms with Gasteiger partial charge in [-0.25, -0.2) is 4.67 Å². The maximum absolute atomic E-state index is 13.6. The molecule has 0 aromatic heterocycles. The van der Waals surface area contributed by atoms with Gasteiger partial charge >= 0.3 is 0 Å². The largest absolute Gasteiger partial charge is 0.316 e. The van der Waals surface area contributed by atoms with Gasteiger partial charge in [0.2, 0.25) is 0 Å². The van der Waals surface area contributed by atoms with Crippen LogP contribution in [0.5, 0.6) is 0 Å². The van der Waals surface area contributed by atoms with E-state index in [0.29, 0.717) is 13.2 Å². The molecule has 0 saturated carbocycles. The lowest BCUT2D eigenvalue weighted by atomic mass is 9.92. The molecular formula is C18H32NO2P. The van der Waals surface area contributed by atoms with Gasteiger partial charge in [0.05, 0.1) is 11.8 Å². The highest BCUT2D eigenvalue weighted by molar-refractivity contribution is 7.58. The summed E-state index contributed by atoms with van der Waals surface area (Å²) < 4.78 is 21.6. The van der Waals surface area contributed by atoms with E-state index in [2.05, 4.69) is 32.9 Å². The highest BCUT2D eigenvalue weighted by Gasteiger charge is 2.42. The molecule has 0 radical (unpaired) electrons. The third kappa shape index (κ3) is 4.94. The molecule has 0 amide bonds. The Morgan fingerprint density at radius 2 is 1.64 bits per heavy atom. The molecule has 0 spiro atoms. The quantitative estimate of drug-likeness (QED) is 0.614. The Hall–Kier alpha value is -0.630. The fraction of sp³-hybridized carbons (Fsp3) is 0.667. The molecule has 126 valence electrons. The maximum Gasteiger partial charge on any atom is 0.277 e. The third-order valence-electron chi connectivity index (χ3n) is 4.14. The topological polar surface area (TPSA) is 29.5 Å². The van der Waals surface area contributed by atoms with Gasteiger partial charge in [0.1, 0.15) is 0 Å². The van der Waals surface area contributed by atoms with Crippen LogP contribution in [0.4, 0.5) is 0 Å². The summed E-state index contributed by atoms with van der Waals surface area (Å²) in [4.78, 5) is 0. The summed E-state index contributed by atoms with van der Waals surface area (Å²) in [6.07, 6.45) is 1.000. The molecule has 1 atom stereocenters. The molecule has 4 heteroatoms. The second kappa shape index (κ2) is 7.29. The van der Waals surface area contributed by atoms with Crippen molar-refractivity contribution in [3.8, 4) is 0 Å². The normalized spacial score (nSPS) is 15.8. The first-order chi connectivity index (χ1) is 10.0. The molecule has 0 saturated heterocycles. The molecule has 3 nitrogen and oxygen atoms in total. The van der Waals surface area contributed by atoms with Crippen molar-refractivity contribution < 1.29 is 9.09 Å². The highest BCUT2D eigenvalue weighted by atomic mass is 31.2. The summed E-state index contributed by atoms with van der Waals surface area (Å²) in [5.41, 5.74) is 1.18. The number of rotatable bonds is 7. The average Bonchev–Trinajstić information content (AvgIpc) is 2.44. The fourth-order valence-corrected chi connectivity index (χ4v) is 4.59. The lowest BCUT2D eigenvalue weighted by molar-refractivity contribution is 0.155.